The molecule has 2 N–H and O–H groups in total. The molecule has 1 aliphatic heterocycles. The maximum atomic E-state index is 5.37. The summed E-state index contributed by atoms with van der Waals surface area (Å²) in [4.78, 5) is 9.37. The molecule has 29 heavy (non-hydrogen) atoms. The second-order valence-electron chi connectivity index (χ2n) is 7.95. The number of ether oxygens (including phenoxy) is 1. The van der Waals surface area contributed by atoms with Gasteiger partial charge in [0.2, 0.25) is 0 Å². The van der Waals surface area contributed by atoms with Crippen molar-refractivity contribution in [1.82, 2.24) is 25.4 Å². The van der Waals surface area contributed by atoms with Crippen molar-refractivity contribution in [2.24, 2.45) is 4.99 Å². The molecule has 1 aromatic heterocycles. The van der Waals surface area contributed by atoms with Gasteiger partial charge in [0.05, 0.1) is 20.2 Å². The van der Waals surface area contributed by atoms with Crippen LogP contribution >= 0.6 is 24.0 Å². The minimum Gasteiger partial charge on any atom is -0.497 e. The van der Waals surface area contributed by atoms with E-state index in [0.29, 0.717) is 12.6 Å². The molecular formula is C21H33IN6O. The number of rotatable bonds is 6. The van der Waals surface area contributed by atoms with Crippen LogP contribution in [0.15, 0.2) is 29.3 Å². The maximum Gasteiger partial charge on any atom is 0.191 e. The number of benzene rings is 1. The maximum absolute atomic E-state index is 5.37. The van der Waals surface area contributed by atoms with Crippen LogP contribution in [0, 0.1) is 6.92 Å². The van der Waals surface area contributed by atoms with E-state index < -0.39 is 0 Å². The Kier molecular flexibility index (Phi) is 8.30. The fourth-order valence-corrected chi connectivity index (χ4v) is 3.48. The third-order valence-corrected chi connectivity index (χ3v) is 5.13. The Morgan fingerprint density at radius 1 is 1.38 bits per heavy atom. The SMILES string of the molecule is CCNC(=NCC(C)(C)c1cccc(OC)c1)NC1CCc2nc(C)nn2C1.I. The molecule has 0 aliphatic carbocycles. The third kappa shape index (κ3) is 6.07. The normalized spacial score (nSPS) is 16.6. The summed E-state index contributed by atoms with van der Waals surface area (Å²) < 4.78 is 7.39. The minimum atomic E-state index is -0.0976. The van der Waals surface area contributed by atoms with E-state index in [9.17, 15) is 0 Å². The van der Waals surface area contributed by atoms with Crippen molar-refractivity contribution in [3.05, 3.63) is 41.5 Å². The van der Waals surface area contributed by atoms with Gasteiger partial charge in [-0.25, -0.2) is 9.67 Å². The van der Waals surface area contributed by atoms with Crippen molar-refractivity contribution in [1.29, 1.82) is 0 Å². The molecular weight excluding hydrogens is 479 g/mol. The summed E-state index contributed by atoms with van der Waals surface area (Å²) in [5.41, 5.74) is 1.12. The molecule has 1 aromatic carbocycles. The number of nitrogens with one attached hydrogen (secondary N) is 2. The molecule has 2 heterocycles. The van der Waals surface area contributed by atoms with Gasteiger partial charge in [-0.15, -0.1) is 24.0 Å². The largest absolute Gasteiger partial charge is 0.497 e. The summed E-state index contributed by atoms with van der Waals surface area (Å²) in [7, 11) is 1.70. The van der Waals surface area contributed by atoms with Crippen LogP contribution in [0.3, 0.4) is 0 Å². The summed E-state index contributed by atoms with van der Waals surface area (Å²) >= 11 is 0. The standard InChI is InChI=1S/C21H32N6O.HI/c1-6-22-20(25-17-10-11-19-24-15(2)26-27(19)13-17)23-14-21(3,4)16-8-7-9-18(12-16)28-5;/h7-9,12,17H,6,10-11,13-14H2,1-5H3,(H2,22,23,25);1H. The van der Waals surface area contributed by atoms with Crippen LogP contribution < -0.4 is 15.4 Å². The average molecular weight is 512 g/mol. The lowest BCUT2D eigenvalue weighted by atomic mass is 9.84. The van der Waals surface area contributed by atoms with Crippen molar-refractivity contribution in [3.63, 3.8) is 0 Å². The molecule has 7 nitrogen and oxygen atoms in total. The number of aromatic nitrogens is 3. The van der Waals surface area contributed by atoms with Gasteiger partial charge >= 0.3 is 0 Å². The summed E-state index contributed by atoms with van der Waals surface area (Å²) in [6, 6.07) is 8.52. The van der Waals surface area contributed by atoms with Crippen LogP contribution in [-0.2, 0) is 18.4 Å². The first kappa shape index (κ1) is 23.4. The van der Waals surface area contributed by atoms with E-state index in [-0.39, 0.29) is 29.4 Å². The lowest BCUT2D eigenvalue weighted by molar-refractivity contribution is 0.391. The zero-order valence-corrected chi connectivity index (χ0v) is 20.4. The van der Waals surface area contributed by atoms with E-state index in [1.54, 1.807) is 7.11 Å². The molecule has 1 unspecified atom stereocenters. The quantitative estimate of drug-likeness (QED) is 0.354. The smallest absolute Gasteiger partial charge is 0.191 e. The van der Waals surface area contributed by atoms with Gasteiger partial charge in [0.1, 0.15) is 17.4 Å². The van der Waals surface area contributed by atoms with Gasteiger partial charge < -0.3 is 15.4 Å². The third-order valence-electron chi connectivity index (χ3n) is 5.13. The summed E-state index contributed by atoms with van der Waals surface area (Å²) in [5.74, 6) is 3.65. The number of hydrogen-bond acceptors (Lipinski definition) is 4. The second-order valence-corrected chi connectivity index (χ2v) is 7.95. The fraction of sp³-hybridized carbons (Fsp3) is 0.571. The highest BCUT2D eigenvalue weighted by Crippen LogP contribution is 2.26. The Bertz CT molecular complexity index is 832. The highest BCUT2D eigenvalue weighted by atomic mass is 127. The summed E-state index contributed by atoms with van der Waals surface area (Å²) in [6.45, 7) is 10.8. The predicted octanol–water partition coefficient (Wildman–Crippen LogP) is 3.06. The van der Waals surface area contributed by atoms with Gasteiger partial charge in [-0.1, -0.05) is 26.0 Å². The minimum absolute atomic E-state index is 0. The summed E-state index contributed by atoms with van der Waals surface area (Å²) in [6.07, 6.45) is 1.97. The van der Waals surface area contributed by atoms with E-state index in [1.165, 1.54) is 5.56 Å². The molecule has 0 amide bonds. The van der Waals surface area contributed by atoms with Gasteiger partial charge in [-0.3, -0.25) is 4.99 Å². The molecule has 0 spiro atoms. The highest BCUT2D eigenvalue weighted by Gasteiger charge is 2.23. The average Bonchev–Trinajstić information content (AvgIpc) is 3.05. The number of fused-ring (bicyclic) bond motifs is 1. The number of aliphatic imine (C=N–C) groups is 1. The lowest BCUT2D eigenvalue weighted by Gasteiger charge is -2.27. The van der Waals surface area contributed by atoms with E-state index in [2.05, 4.69) is 53.6 Å². The van der Waals surface area contributed by atoms with Crippen LogP contribution in [0.4, 0.5) is 0 Å². The van der Waals surface area contributed by atoms with Gasteiger partial charge in [0.25, 0.3) is 0 Å². The van der Waals surface area contributed by atoms with Crippen molar-refractivity contribution in [2.75, 3.05) is 20.2 Å². The number of halogens is 1. The zero-order valence-electron chi connectivity index (χ0n) is 18.0. The summed E-state index contributed by atoms with van der Waals surface area (Å²) in [5, 5.41) is 11.4. The molecule has 0 bridgehead atoms. The number of aryl methyl sites for hydroxylation is 2. The van der Waals surface area contributed by atoms with E-state index in [1.807, 2.05) is 23.7 Å². The topological polar surface area (TPSA) is 76.4 Å². The van der Waals surface area contributed by atoms with Crippen LogP contribution in [0.1, 0.15) is 44.4 Å². The van der Waals surface area contributed by atoms with E-state index in [0.717, 1.165) is 49.3 Å². The lowest BCUT2D eigenvalue weighted by Crippen LogP contribution is -2.47. The van der Waals surface area contributed by atoms with Crippen molar-refractivity contribution in [2.45, 2.75) is 58.5 Å². The first-order chi connectivity index (χ1) is 13.4. The van der Waals surface area contributed by atoms with Crippen molar-refractivity contribution < 1.29 is 4.74 Å². The van der Waals surface area contributed by atoms with Crippen LogP contribution in [0.5, 0.6) is 5.75 Å². The molecule has 3 rings (SSSR count). The first-order valence-electron chi connectivity index (χ1n) is 10.0. The Morgan fingerprint density at radius 2 is 2.17 bits per heavy atom. The Balaban J connectivity index is 0.00000300. The molecule has 0 fully saturated rings. The Labute approximate surface area is 190 Å². The van der Waals surface area contributed by atoms with E-state index >= 15 is 0 Å². The molecule has 2 aromatic rings. The van der Waals surface area contributed by atoms with Gasteiger partial charge in [0, 0.05) is 24.4 Å². The highest BCUT2D eigenvalue weighted by molar-refractivity contribution is 14.0. The molecule has 8 heteroatoms. The first-order valence-corrected chi connectivity index (χ1v) is 10.0. The van der Waals surface area contributed by atoms with Crippen LogP contribution in [0.25, 0.3) is 0 Å². The predicted molar refractivity (Wildman–Crippen MR) is 127 cm³/mol. The fourth-order valence-electron chi connectivity index (χ4n) is 3.48. The van der Waals surface area contributed by atoms with Crippen LogP contribution in [-0.4, -0.2) is 47.0 Å². The number of hydrogen-bond donors (Lipinski definition) is 2. The van der Waals surface area contributed by atoms with Gasteiger partial charge in [-0.05, 0) is 38.0 Å². The number of nitrogens with zero attached hydrogens (tertiary/aromatic N) is 4. The molecule has 1 atom stereocenters. The van der Waals surface area contributed by atoms with Gasteiger partial charge in [-0.2, -0.15) is 5.10 Å². The number of guanidine groups is 1. The number of methoxy groups -OCH3 is 1. The zero-order chi connectivity index (χ0) is 20.1. The molecule has 0 saturated heterocycles. The molecule has 0 radical (unpaired) electrons. The Hall–Kier alpha value is -1.84. The Morgan fingerprint density at radius 3 is 2.90 bits per heavy atom. The molecule has 160 valence electrons. The van der Waals surface area contributed by atoms with Crippen molar-refractivity contribution >= 4 is 29.9 Å². The second kappa shape index (κ2) is 10.3. The van der Waals surface area contributed by atoms with Gasteiger partial charge in [0.15, 0.2) is 5.96 Å². The monoisotopic (exact) mass is 512 g/mol. The van der Waals surface area contributed by atoms with Crippen LogP contribution in [0.2, 0.25) is 0 Å². The van der Waals surface area contributed by atoms with Crippen molar-refractivity contribution in [3.8, 4) is 5.75 Å². The molecule has 1 aliphatic rings. The van der Waals surface area contributed by atoms with E-state index in [4.69, 9.17) is 9.73 Å². The molecule has 0 saturated carbocycles.